The summed E-state index contributed by atoms with van der Waals surface area (Å²) in [5, 5.41) is 30.4. The number of aliphatic hydroxyl groups is 3. The predicted molar refractivity (Wildman–Crippen MR) is 125 cm³/mol. The third-order valence-corrected chi connectivity index (χ3v) is 8.65. The number of allylic oxidation sites excluding steroid dienone is 4. The molecule has 31 heavy (non-hydrogen) atoms. The smallest absolute Gasteiger partial charge is 0.0811 e. The van der Waals surface area contributed by atoms with Crippen molar-refractivity contribution < 1.29 is 20.8 Å². The van der Waals surface area contributed by atoms with Crippen molar-refractivity contribution in [1.82, 2.24) is 0 Å². The van der Waals surface area contributed by atoms with Gasteiger partial charge in [0.2, 0.25) is 0 Å². The Balaban J connectivity index is 0.00000272. The van der Waals surface area contributed by atoms with E-state index in [1.165, 1.54) is 44.1 Å². The van der Waals surface area contributed by atoms with Gasteiger partial charge in [0.25, 0.3) is 0 Å². The van der Waals surface area contributed by atoms with E-state index in [4.69, 9.17) is 0 Å². The maximum Gasteiger partial charge on any atom is 0.0811 e. The van der Waals surface area contributed by atoms with Gasteiger partial charge in [-0.05, 0) is 91.6 Å². The lowest BCUT2D eigenvalue weighted by molar-refractivity contribution is 0.0862. The van der Waals surface area contributed by atoms with Crippen LogP contribution in [0.3, 0.4) is 0 Å². The maximum absolute atomic E-state index is 10.2. The molecule has 0 aromatic heterocycles. The molecule has 0 spiro atoms. The van der Waals surface area contributed by atoms with Gasteiger partial charge in [0, 0.05) is 6.42 Å². The molecule has 4 aliphatic rings. The van der Waals surface area contributed by atoms with Crippen molar-refractivity contribution in [3.05, 3.63) is 47.6 Å². The zero-order valence-corrected chi connectivity index (χ0v) is 19.3. The molecule has 0 saturated heterocycles. The maximum atomic E-state index is 10.2. The Morgan fingerprint density at radius 2 is 1.84 bits per heavy atom. The highest BCUT2D eigenvalue weighted by Gasteiger charge is 2.50. The van der Waals surface area contributed by atoms with Gasteiger partial charge >= 0.3 is 0 Å². The van der Waals surface area contributed by atoms with Crippen LogP contribution in [0.25, 0.3) is 0 Å². The van der Waals surface area contributed by atoms with E-state index in [0.717, 1.165) is 17.6 Å². The molecule has 0 bridgehead atoms. The van der Waals surface area contributed by atoms with Crippen LogP contribution in [0.2, 0.25) is 0 Å². The molecule has 4 aliphatic carbocycles. The van der Waals surface area contributed by atoms with E-state index in [-0.39, 0.29) is 11.6 Å². The standard InChI is InChI=1S/C27H40O3.H2O/c1-17(6-13-25(29)20-8-9-20)23-11-12-24-19(5-4-14-27(23,24)3)7-10-21-15-22(28)16-26(30)18(21)2;/h6-7,10,13,17,20,22-26,28-30H,2,4-5,8-9,11-12,14-16H2,1,3H3;1H2/b13-6+,19-7+,21-10-;/t17-,22-,23-,24+,25-,26+,27-;/m1./s1. The summed E-state index contributed by atoms with van der Waals surface area (Å²) in [6.07, 6.45) is 16.9. The minimum absolute atomic E-state index is 0. The van der Waals surface area contributed by atoms with Gasteiger partial charge in [0.05, 0.1) is 18.3 Å². The molecule has 0 heterocycles. The second-order valence-electron chi connectivity index (χ2n) is 10.7. The molecule has 0 radical (unpaired) electrons. The average molecular weight is 431 g/mol. The first-order valence-corrected chi connectivity index (χ1v) is 12.1. The molecular weight excluding hydrogens is 388 g/mol. The number of rotatable bonds is 5. The van der Waals surface area contributed by atoms with Gasteiger partial charge < -0.3 is 20.8 Å². The Kier molecular flexibility index (Phi) is 7.68. The fourth-order valence-corrected chi connectivity index (χ4v) is 6.63. The molecule has 0 aromatic rings. The summed E-state index contributed by atoms with van der Waals surface area (Å²) in [6, 6.07) is 0. The Bertz CT molecular complexity index is 746. The van der Waals surface area contributed by atoms with Crippen LogP contribution in [0, 0.1) is 29.1 Å². The number of fused-ring (bicyclic) bond motifs is 1. The third kappa shape index (κ3) is 5.08. The fraction of sp³-hybridized carbons (Fsp3) is 0.704. The van der Waals surface area contributed by atoms with Gasteiger partial charge in [-0.3, -0.25) is 0 Å². The van der Waals surface area contributed by atoms with Crippen molar-refractivity contribution in [2.24, 2.45) is 29.1 Å². The summed E-state index contributed by atoms with van der Waals surface area (Å²) < 4.78 is 0. The lowest BCUT2D eigenvalue weighted by atomic mass is 9.61. The summed E-state index contributed by atoms with van der Waals surface area (Å²) in [7, 11) is 0. The van der Waals surface area contributed by atoms with Crippen LogP contribution in [-0.2, 0) is 0 Å². The van der Waals surface area contributed by atoms with Crippen molar-refractivity contribution in [3.8, 4) is 0 Å². The van der Waals surface area contributed by atoms with E-state index in [0.29, 0.717) is 41.9 Å². The first-order chi connectivity index (χ1) is 14.3. The summed E-state index contributed by atoms with van der Waals surface area (Å²) >= 11 is 0. The Labute approximate surface area is 187 Å². The zero-order chi connectivity index (χ0) is 21.5. The summed E-state index contributed by atoms with van der Waals surface area (Å²) in [6.45, 7) is 8.88. The summed E-state index contributed by atoms with van der Waals surface area (Å²) in [5.74, 6) is 2.28. The molecule has 4 nitrogen and oxygen atoms in total. The molecule has 4 saturated carbocycles. The fourth-order valence-electron chi connectivity index (χ4n) is 6.63. The molecule has 7 atom stereocenters. The highest BCUT2D eigenvalue weighted by atomic mass is 16.3. The predicted octanol–water partition coefficient (Wildman–Crippen LogP) is 4.27. The highest BCUT2D eigenvalue weighted by Crippen LogP contribution is 2.59. The van der Waals surface area contributed by atoms with Crippen LogP contribution in [0.5, 0.6) is 0 Å². The Morgan fingerprint density at radius 3 is 2.55 bits per heavy atom. The molecule has 4 heteroatoms. The van der Waals surface area contributed by atoms with Crippen LogP contribution < -0.4 is 0 Å². The van der Waals surface area contributed by atoms with Crippen molar-refractivity contribution in [1.29, 1.82) is 0 Å². The van der Waals surface area contributed by atoms with Gasteiger partial charge in [-0.15, -0.1) is 0 Å². The quantitative estimate of drug-likeness (QED) is 0.569. The van der Waals surface area contributed by atoms with Crippen LogP contribution in [0.15, 0.2) is 47.6 Å². The van der Waals surface area contributed by atoms with Gasteiger partial charge in [0.15, 0.2) is 0 Å². The van der Waals surface area contributed by atoms with Gasteiger partial charge in [-0.2, -0.15) is 0 Å². The minimum Gasteiger partial charge on any atom is -0.412 e. The molecule has 5 N–H and O–H groups in total. The normalized spacial score (nSPS) is 40.7. The number of hydrogen-bond donors (Lipinski definition) is 3. The largest absolute Gasteiger partial charge is 0.412 e. The van der Waals surface area contributed by atoms with E-state index in [2.05, 4.69) is 44.7 Å². The van der Waals surface area contributed by atoms with Crippen molar-refractivity contribution in [2.45, 2.75) is 89.9 Å². The summed E-state index contributed by atoms with van der Waals surface area (Å²) in [5.41, 5.74) is 3.63. The first kappa shape index (κ1) is 24.4. The molecule has 0 aliphatic heterocycles. The average Bonchev–Trinajstić information content (AvgIpc) is 3.49. The van der Waals surface area contributed by atoms with Gasteiger partial charge in [0.1, 0.15) is 0 Å². The lowest BCUT2D eigenvalue weighted by Crippen LogP contribution is -2.35. The van der Waals surface area contributed by atoms with Crippen molar-refractivity contribution in [3.63, 3.8) is 0 Å². The molecule has 0 amide bonds. The second-order valence-corrected chi connectivity index (χ2v) is 10.7. The zero-order valence-electron chi connectivity index (χ0n) is 19.3. The van der Waals surface area contributed by atoms with Crippen molar-refractivity contribution in [2.75, 3.05) is 0 Å². The highest BCUT2D eigenvalue weighted by molar-refractivity contribution is 5.38. The molecule has 0 aromatic carbocycles. The molecule has 4 rings (SSSR count). The van der Waals surface area contributed by atoms with E-state index in [1.807, 2.05) is 0 Å². The van der Waals surface area contributed by atoms with E-state index >= 15 is 0 Å². The minimum atomic E-state index is -0.621. The molecule has 174 valence electrons. The Morgan fingerprint density at radius 1 is 1.10 bits per heavy atom. The second kappa shape index (κ2) is 9.74. The van der Waals surface area contributed by atoms with Crippen LogP contribution in [0.4, 0.5) is 0 Å². The molecular formula is C27H42O4. The van der Waals surface area contributed by atoms with Crippen LogP contribution in [0.1, 0.15) is 71.6 Å². The number of aliphatic hydroxyl groups excluding tert-OH is 3. The monoisotopic (exact) mass is 430 g/mol. The molecule has 4 fully saturated rings. The summed E-state index contributed by atoms with van der Waals surface area (Å²) in [4.78, 5) is 0. The van der Waals surface area contributed by atoms with E-state index in [1.54, 1.807) is 0 Å². The lowest BCUT2D eigenvalue weighted by Gasteiger charge is -2.44. The van der Waals surface area contributed by atoms with Crippen molar-refractivity contribution >= 4 is 0 Å². The SMILES string of the molecule is C=C1/C(=C\C=C2/CCC[C@]3(C)[C@@H]([C@H](C)/C=C/[C@@H](O)C4CC4)CC[C@@H]23)C[C@@H](O)C[C@@H]1O.O. The first-order valence-electron chi connectivity index (χ1n) is 12.1. The van der Waals surface area contributed by atoms with E-state index in [9.17, 15) is 15.3 Å². The third-order valence-electron chi connectivity index (χ3n) is 8.65. The van der Waals surface area contributed by atoms with Crippen LogP contribution in [-0.4, -0.2) is 39.1 Å². The number of hydrogen-bond acceptors (Lipinski definition) is 3. The van der Waals surface area contributed by atoms with Gasteiger partial charge in [-0.1, -0.05) is 50.3 Å². The Hall–Kier alpha value is -1.20. The molecule has 0 unspecified atom stereocenters. The topological polar surface area (TPSA) is 92.2 Å². The van der Waals surface area contributed by atoms with Crippen LogP contribution >= 0.6 is 0 Å². The van der Waals surface area contributed by atoms with E-state index < -0.39 is 12.2 Å². The van der Waals surface area contributed by atoms with Gasteiger partial charge in [-0.25, -0.2) is 0 Å².